The Morgan fingerprint density at radius 1 is 1.24 bits per heavy atom. The first-order valence-electron chi connectivity index (χ1n) is 5.62. The molecule has 2 rings (SSSR count). The summed E-state index contributed by atoms with van der Waals surface area (Å²) in [5.41, 5.74) is 2.05. The summed E-state index contributed by atoms with van der Waals surface area (Å²) in [6.45, 7) is 2.70. The van der Waals surface area contributed by atoms with Crippen molar-refractivity contribution < 1.29 is 4.79 Å². The number of Topliss-reactive ketones (excluding diaryl/α,β-unsaturated/α-hetero) is 1. The Bertz CT molecular complexity index is 513. The molecule has 0 unspecified atom stereocenters. The van der Waals surface area contributed by atoms with Crippen LogP contribution in [0.5, 0.6) is 0 Å². The lowest BCUT2D eigenvalue weighted by atomic mass is 10.2. The summed E-state index contributed by atoms with van der Waals surface area (Å²) in [7, 11) is 0. The zero-order valence-electron chi connectivity index (χ0n) is 9.69. The number of carbonyl (C=O) groups is 1. The van der Waals surface area contributed by atoms with Gasteiger partial charge in [0.15, 0.2) is 5.78 Å². The van der Waals surface area contributed by atoms with Crippen molar-refractivity contribution in [3.63, 3.8) is 0 Å². The minimum atomic E-state index is 0.200. The predicted molar refractivity (Wildman–Crippen MR) is 77.3 cm³/mol. The minimum Gasteiger partial charge on any atom is -0.349 e. The standard InChI is InChI=1S/C14H14INO/c1-2-14(17)12-7-8-16(10-12)9-11-3-5-13(15)6-4-11/h3-8,10H,2,9H2,1H3. The first kappa shape index (κ1) is 12.4. The van der Waals surface area contributed by atoms with Crippen molar-refractivity contribution in [1.82, 2.24) is 4.57 Å². The van der Waals surface area contributed by atoms with Gasteiger partial charge in [0.05, 0.1) is 0 Å². The molecule has 0 aliphatic rings. The highest BCUT2D eigenvalue weighted by atomic mass is 127. The van der Waals surface area contributed by atoms with Gasteiger partial charge in [0.1, 0.15) is 0 Å². The second-order valence-corrected chi connectivity index (χ2v) is 5.22. The summed E-state index contributed by atoms with van der Waals surface area (Å²) in [4.78, 5) is 11.5. The maximum atomic E-state index is 11.5. The van der Waals surface area contributed by atoms with E-state index in [4.69, 9.17) is 0 Å². The fourth-order valence-corrected chi connectivity index (χ4v) is 2.07. The normalized spacial score (nSPS) is 10.5. The van der Waals surface area contributed by atoms with E-state index in [1.165, 1.54) is 9.13 Å². The fraction of sp³-hybridized carbons (Fsp3) is 0.214. The zero-order chi connectivity index (χ0) is 12.3. The van der Waals surface area contributed by atoms with Crippen LogP contribution in [0.1, 0.15) is 29.3 Å². The van der Waals surface area contributed by atoms with Crippen LogP contribution in [0.4, 0.5) is 0 Å². The molecule has 1 aromatic carbocycles. The number of halogens is 1. The van der Waals surface area contributed by atoms with Crippen molar-refractivity contribution in [2.24, 2.45) is 0 Å². The van der Waals surface area contributed by atoms with E-state index in [2.05, 4.69) is 46.9 Å². The largest absolute Gasteiger partial charge is 0.349 e. The Kier molecular flexibility index (Phi) is 3.99. The molecule has 0 bridgehead atoms. The van der Waals surface area contributed by atoms with Gasteiger partial charge < -0.3 is 4.57 Å². The smallest absolute Gasteiger partial charge is 0.164 e. The van der Waals surface area contributed by atoms with E-state index in [1.807, 2.05) is 30.0 Å². The molecular formula is C14H14INO. The molecule has 0 spiro atoms. The third kappa shape index (κ3) is 3.19. The number of ketones is 1. The SMILES string of the molecule is CCC(=O)c1ccn(Cc2ccc(I)cc2)c1. The van der Waals surface area contributed by atoms with Gasteiger partial charge in [-0.2, -0.15) is 0 Å². The van der Waals surface area contributed by atoms with Gasteiger partial charge in [-0.1, -0.05) is 19.1 Å². The van der Waals surface area contributed by atoms with E-state index in [1.54, 1.807) is 0 Å². The van der Waals surface area contributed by atoms with Crippen molar-refractivity contribution in [2.75, 3.05) is 0 Å². The van der Waals surface area contributed by atoms with Gasteiger partial charge in [-0.25, -0.2) is 0 Å². The van der Waals surface area contributed by atoms with Crippen LogP contribution in [-0.2, 0) is 6.54 Å². The second kappa shape index (κ2) is 5.49. The molecular weight excluding hydrogens is 325 g/mol. The average molecular weight is 339 g/mol. The molecule has 0 radical (unpaired) electrons. The number of nitrogens with zero attached hydrogens (tertiary/aromatic N) is 1. The predicted octanol–water partition coefficient (Wildman–Crippen LogP) is 3.73. The van der Waals surface area contributed by atoms with Gasteiger partial charge in [0.2, 0.25) is 0 Å². The molecule has 0 saturated heterocycles. The molecule has 0 fully saturated rings. The van der Waals surface area contributed by atoms with Gasteiger partial charge in [-0.15, -0.1) is 0 Å². The Morgan fingerprint density at radius 3 is 2.59 bits per heavy atom. The lowest BCUT2D eigenvalue weighted by Gasteiger charge is -2.03. The average Bonchev–Trinajstić information content (AvgIpc) is 2.80. The second-order valence-electron chi connectivity index (χ2n) is 3.98. The van der Waals surface area contributed by atoms with Gasteiger partial charge in [0, 0.05) is 34.5 Å². The summed E-state index contributed by atoms with van der Waals surface area (Å²) in [5, 5.41) is 0. The van der Waals surface area contributed by atoms with Gasteiger partial charge in [0.25, 0.3) is 0 Å². The number of carbonyl (C=O) groups excluding carboxylic acids is 1. The maximum Gasteiger partial charge on any atom is 0.164 e. The minimum absolute atomic E-state index is 0.200. The fourth-order valence-electron chi connectivity index (χ4n) is 1.71. The number of aromatic nitrogens is 1. The van der Waals surface area contributed by atoms with Crippen LogP contribution in [0.2, 0.25) is 0 Å². The number of rotatable bonds is 4. The summed E-state index contributed by atoms with van der Waals surface area (Å²) in [6, 6.07) is 10.3. The topological polar surface area (TPSA) is 22.0 Å². The Morgan fingerprint density at radius 2 is 1.94 bits per heavy atom. The molecule has 0 aliphatic heterocycles. The third-order valence-corrected chi connectivity index (χ3v) is 3.39. The van der Waals surface area contributed by atoms with Crippen LogP contribution < -0.4 is 0 Å². The molecule has 1 heterocycles. The lowest BCUT2D eigenvalue weighted by Crippen LogP contribution is -1.98. The summed E-state index contributed by atoms with van der Waals surface area (Å²) < 4.78 is 3.28. The van der Waals surface area contributed by atoms with Crippen molar-refractivity contribution in [1.29, 1.82) is 0 Å². The number of hydrogen-bond donors (Lipinski definition) is 0. The van der Waals surface area contributed by atoms with Crippen molar-refractivity contribution in [3.8, 4) is 0 Å². The highest BCUT2D eigenvalue weighted by Crippen LogP contribution is 2.10. The number of hydrogen-bond acceptors (Lipinski definition) is 1. The van der Waals surface area contributed by atoms with Crippen molar-refractivity contribution in [3.05, 3.63) is 57.4 Å². The molecule has 0 N–H and O–H groups in total. The van der Waals surface area contributed by atoms with Crippen LogP contribution in [0.15, 0.2) is 42.7 Å². The number of benzene rings is 1. The van der Waals surface area contributed by atoms with E-state index in [9.17, 15) is 4.79 Å². The van der Waals surface area contributed by atoms with Gasteiger partial charge in [-0.05, 0) is 46.4 Å². The van der Waals surface area contributed by atoms with E-state index < -0.39 is 0 Å². The van der Waals surface area contributed by atoms with Crippen LogP contribution in [-0.4, -0.2) is 10.4 Å². The van der Waals surface area contributed by atoms with Crippen LogP contribution in [0.3, 0.4) is 0 Å². The summed E-state index contributed by atoms with van der Waals surface area (Å²) >= 11 is 2.29. The van der Waals surface area contributed by atoms with Crippen LogP contribution in [0, 0.1) is 3.57 Å². The summed E-state index contributed by atoms with van der Waals surface area (Å²) in [6.07, 6.45) is 4.44. The molecule has 1 aromatic heterocycles. The van der Waals surface area contributed by atoms with Gasteiger partial charge >= 0.3 is 0 Å². The summed E-state index contributed by atoms with van der Waals surface area (Å²) in [5.74, 6) is 0.200. The molecule has 0 amide bonds. The third-order valence-electron chi connectivity index (χ3n) is 2.67. The van der Waals surface area contributed by atoms with Crippen LogP contribution in [0.25, 0.3) is 0 Å². The van der Waals surface area contributed by atoms with Crippen LogP contribution >= 0.6 is 22.6 Å². The molecule has 3 heteroatoms. The van der Waals surface area contributed by atoms with Crippen molar-refractivity contribution >= 4 is 28.4 Å². The first-order chi connectivity index (χ1) is 8.19. The van der Waals surface area contributed by atoms with Crippen molar-refractivity contribution in [2.45, 2.75) is 19.9 Å². The monoisotopic (exact) mass is 339 g/mol. The maximum absolute atomic E-state index is 11.5. The molecule has 17 heavy (non-hydrogen) atoms. The van der Waals surface area contributed by atoms with E-state index in [0.29, 0.717) is 6.42 Å². The van der Waals surface area contributed by atoms with Gasteiger partial charge in [-0.3, -0.25) is 4.79 Å². The first-order valence-corrected chi connectivity index (χ1v) is 6.70. The van der Waals surface area contributed by atoms with E-state index in [-0.39, 0.29) is 5.78 Å². The lowest BCUT2D eigenvalue weighted by molar-refractivity contribution is 0.0988. The molecule has 0 saturated carbocycles. The van der Waals surface area contributed by atoms with E-state index >= 15 is 0 Å². The molecule has 88 valence electrons. The Labute approximate surface area is 115 Å². The molecule has 2 nitrogen and oxygen atoms in total. The molecule has 0 atom stereocenters. The zero-order valence-corrected chi connectivity index (χ0v) is 11.8. The Hall–Kier alpha value is -1.10. The quantitative estimate of drug-likeness (QED) is 0.615. The highest BCUT2D eigenvalue weighted by Gasteiger charge is 2.04. The van der Waals surface area contributed by atoms with E-state index in [0.717, 1.165) is 12.1 Å². The Balaban J connectivity index is 2.11. The molecule has 0 aliphatic carbocycles. The molecule has 2 aromatic rings. The highest BCUT2D eigenvalue weighted by molar-refractivity contribution is 14.1.